The van der Waals surface area contributed by atoms with Crippen LogP contribution in [0.1, 0.15) is 30.0 Å². The van der Waals surface area contributed by atoms with Gasteiger partial charge in [-0.2, -0.15) is 0 Å². The van der Waals surface area contributed by atoms with Crippen LogP contribution in [0.3, 0.4) is 0 Å². The normalized spacial score (nSPS) is 11.0. The predicted octanol–water partition coefficient (Wildman–Crippen LogP) is 5.68. The summed E-state index contributed by atoms with van der Waals surface area (Å²) in [4.78, 5) is 12.0. The average Bonchev–Trinajstić information content (AvgIpc) is 3.31. The zero-order valence-electron chi connectivity index (χ0n) is 18.9. The van der Waals surface area contributed by atoms with Crippen LogP contribution >= 0.6 is 0 Å². The van der Waals surface area contributed by atoms with Gasteiger partial charge in [0.15, 0.2) is 0 Å². The molecule has 0 radical (unpaired) electrons. The van der Waals surface area contributed by atoms with Crippen molar-refractivity contribution in [3.63, 3.8) is 0 Å². The van der Waals surface area contributed by atoms with Gasteiger partial charge in [0.1, 0.15) is 17.9 Å². The molecule has 4 aromatic rings. The second kappa shape index (κ2) is 10.8. The Morgan fingerprint density at radius 3 is 2.73 bits per heavy atom. The number of benzene rings is 3. The fourth-order valence-corrected chi connectivity index (χ4v) is 3.96. The second-order valence-corrected chi connectivity index (χ2v) is 7.95. The summed E-state index contributed by atoms with van der Waals surface area (Å²) in [7, 11) is 0. The van der Waals surface area contributed by atoms with Crippen LogP contribution in [0, 0.1) is 0 Å². The lowest BCUT2D eigenvalue weighted by Gasteiger charge is -2.13. The van der Waals surface area contributed by atoms with Crippen molar-refractivity contribution >= 4 is 16.9 Å². The number of carbonyl (C=O) groups excluding carboxylic acids is 1. The predicted molar refractivity (Wildman–Crippen MR) is 130 cm³/mol. The maximum Gasteiger partial charge on any atom is 0.310 e. The van der Waals surface area contributed by atoms with Gasteiger partial charge in [-0.25, -0.2) is 0 Å². The van der Waals surface area contributed by atoms with Gasteiger partial charge in [-0.3, -0.25) is 4.79 Å². The third-order valence-corrected chi connectivity index (χ3v) is 5.53. The van der Waals surface area contributed by atoms with Crippen molar-refractivity contribution in [1.29, 1.82) is 0 Å². The first kappa shape index (κ1) is 22.6. The summed E-state index contributed by atoms with van der Waals surface area (Å²) in [5.74, 6) is 0.424. The van der Waals surface area contributed by atoms with Crippen LogP contribution in [-0.2, 0) is 29.0 Å². The number of para-hydroxylation sites is 1. The van der Waals surface area contributed by atoms with E-state index < -0.39 is 0 Å². The van der Waals surface area contributed by atoms with Gasteiger partial charge in [-0.15, -0.1) is 0 Å². The van der Waals surface area contributed by atoms with Crippen molar-refractivity contribution in [1.82, 2.24) is 0 Å². The summed E-state index contributed by atoms with van der Waals surface area (Å²) >= 11 is 0. The number of furan rings is 1. The Balaban J connectivity index is 1.59. The standard InChI is InChI=1S/C28H29NO4/c1-2-31-27(30)18-23-9-3-4-11-26(23)33-19-21-16-24-12-14-32-28(24)25(17-21)22-10-5-7-20(15-22)8-6-13-29/h3-5,7,9-12,14-17H,2,6,8,13,18-19,29H2,1H3. The van der Waals surface area contributed by atoms with Gasteiger partial charge in [0.2, 0.25) is 0 Å². The molecule has 0 aliphatic carbocycles. The molecule has 4 rings (SSSR count). The summed E-state index contributed by atoms with van der Waals surface area (Å²) in [6.07, 6.45) is 3.81. The van der Waals surface area contributed by atoms with Gasteiger partial charge in [0.25, 0.3) is 0 Å². The summed E-state index contributed by atoms with van der Waals surface area (Å²) in [5.41, 5.74) is 11.8. The number of fused-ring (bicyclic) bond motifs is 1. The van der Waals surface area contributed by atoms with Crippen molar-refractivity contribution in [2.75, 3.05) is 13.2 Å². The summed E-state index contributed by atoms with van der Waals surface area (Å²) in [6.45, 7) is 3.22. The van der Waals surface area contributed by atoms with Crippen molar-refractivity contribution in [3.8, 4) is 16.9 Å². The van der Waals surface area contributed by atoms with Crippen LogP contribution in [0.15, 0.2) is 77.4 Å². The number of esters is 1. The molecule has 0 saturated carbocycles. The fraction of sp³-hybridized carbons (Fsp3) is 0.250. The Bertz CT molecular complexity index is 1230. The lowest BCUT2D eigenvalue weighted by Crippen LogP contribution is -2.09. The Labute approximate surface area is 194 Å². The SMILES string of the molecule is CCOC(=O)Cc1ccccc1OCc1cc(-c2cccc(CCCN)c2)c2occc2c1. The molecule has 0 fully saturated rings. The molecule has 2 N–H and O–H groups in total. The molecule has 5 nitrogen and oxygen atoms in total. The van der Waals surface area contributed by atoms with Crippen LogP contribution in [0.5, 0.6) is 5.75 Å². The first-order valence-electron chi connectivity index (χ1n) is 11.3. The van der Waals surface area contributed by atoms with Crippen molar-refractivity contribution in [3.05, 3.63) is 89.7 Å². The molecular weight excluding hydrogens is 414 g/mol. The summed E-state index contributed by atoms with van der Waals surface area (Å²) < 4.78 is 17.0. The molecule has 0 saturated heterocycles. The topological polar surface area (TPSA) is 74.7 Å². The molecule has 33 heavy (non-hydrogen) atoms. The van der Waals surface area contributed by atoms with Gasteiger partial charge < -0.3 is 19.6 Å². The van der Waals surface area contributed by atoms with Crippen LogP contribution < -0.4 is 10.5 Å². The minimum atomic E-state index is -0.259. The lowest BCUT2D eigenvalue weighted by atomic mass is 9.98. The smallest absolute Gasteiger partial charge is 0.310 e. The zero-order valence-corrected chi connectivity index (χ0v) is 18.9. The number of carbonyl (C=O) groups is 1. The van der Waals surface area contributed by atoms with E-state index in [4.69, 9.17) is 19.6 Å². The van der Waals surface area contributed by atoms with E-state index in [0.717, 1.165) is 46.1 Å². The molecule has 0 unspecified atom stereocenters. The van der Waals surface area contributed by atoms with Crippen molar-refractivity contribution in [2.45, 2.75) is 32.8 Å². The van der Waals surface area contributed by atoms with Crippen LogP contribution in [0.25, 0.3) is 22.1 Å². The van der Waals surface area contributed by atoms with Gasteiger partial charge in [0.05, 0.1) is 19.3 Å². The molecule has 1 heterocycles. The number of ether oxygens (including phenoxy) is 2. The largest absolute Gasteiger partial charge is 0.489 e. The molecule has 0 aliphatic rings. The van der Waals surface area contributed by atoms with E-state index in [1.165, 1.54) is 5.56 Å². The average molecular weight is 444 g/mol. The van der Waals surface area contributed by atoms with Crippen LogP contribution in [-0.4, -0.2) is 19.1 Å². The van der Waals surface area contributed by atoms with E-state index in [9.17, 15) is 4.79 Å². The highest BCUT2D eigenvalue weighted by Crippen LogP contribution is 2.32. The molecule has 0 atom stereocenters. The monoisotopic (exact) mass is 443 g/mol. The molecule has 3 aromatic carbocycles. The molecule has 170 valence electrons. The number of aryl methyl sites for hydroxylation is 1. The van der Waals surface area contributed by atoms with Crippen LogP contribution in [0.2, 0.25) is 0 Å². The third kappa shape index (κ3) is 5.62. The van der Waals surface area contributed by atoms with Crippen molar-refractivity contribution < 1.29 is 18.7 Å². The van der Waals surface area contributed by atoms with Gasteiger partial charge in [-0.05, 0) is 67.3 Å². The summed E-state index contributed by atoms with van der Waals surface area (Å²) in [6, 6.07) is 22.2. The first-order valence-corrected chi connectivity index (χ1v) is 11.3. The molecule has 0 aliphatic heterocycles. The van der Waals surface area contributed by atoms with Gasteiger partial charge >= 0.3 is 5.97 Å². The number of hydrogen-bond donors (Lipinski definition) is 1. The fourth-order valence-electron chi connectivity index (χ4n) is 3.96. The Morgan fingerprint density at radius 1 is 1.00 bits per heavy atom. The van der Waals surface area contributed by atoms with E-state index in [1.807, 2.05) is 30.3 Å². The molecule has 0 amide bonds. The minimum Gasteiger partial charge on any atom is -0.489 e. The highest BCUT2D eigenvalue weighted by molar-refractivity contribution is 5.93. The first-order chi connectivity index (χ1) is 16.2. The van der Waals surface area contributed by atoms with Gasteiger partial charge in [-0.1, -0.05) is 42.5 Å². The number of hydrogen-bond acceptors (Lipinski definition) is 5. The highest BCUT2D eigenvalue weighted by Gasteiger charge is 2.13. The molecule has 0 bridgehead atoms. The molecule has 5 heteroatoms. The minimum absolute atomic E-state index is 0.186. The van der Waals surface area contributed by atoms with E-state index in [-0.39, 0.29) is 12.4 Å². The van der Waals surface area contributed by atoms with Gasteiger partial charge in [0, 0.05) is 16.5 Å². The van der Waals surface area contributed by atoms with E-state index in [0.29, 0.717) is 25.5 Å². The highest BCUT2D eigenvalue weighted by atomic mass is 16.5. The van der Waals surface area contributed by atoms with E-state index >= 15 is 0 Å². The van der Waals surface area contributed by atoms with E-state index in [1.54, 1.807) is 13.2 Å². The third-order valence-electron chi connectivity index (χ3n) is 5.53. The van der Waals surface area contributed by atoms with Crippen molar-refractivity contribution in [2.24, 2.45) is 5.73 Å². The molecule has 0 spiro atoms. The lowest BCUT2D eigenvalue weighted by molar-refractivity contribution is -0.142. The molecular formula is C28H29NO4. The second-order valence-electron chi connectivity index (χ2n) is 7.95. The van der Waals surface area contributed by atoms with Crippen LogP contribution in [0.4, 0.5) is 0 Å². The number of rotatable bonds is 10. The zero-order chi connectivity index (χ0) is 23.0. The Hall–Kier alpha value is -3.57. The maximum absolute atomic E-state index is 12.0. The Morgan fingerprint density at radius 2 is 1.88 bits per heavy atom. The summed E-state index contributed by atoms with van der Waals surface area (Å²) in [5, 5.41) is 1.03. The number of nitrogens with two attached hydrogens (primary N) is 1. The molecule has 1 aromatic heterocycles. The van der Waals surface area contributed by atoms with E-state index in [2.05, 4.69) is 36.4 Å². The maximum atomic E-state index is 12.0. The Kier molecular flexibility index (Phi) is 7.43. The quantitative estimate of drug-likeness (QED) is 0.319.